The molecule has 0 spiro atoms. The van der Waals surface area contributed by atoms with E-state index in [0.29, 0.717) is 13.1 Å². The third-order valence-electron chi connectivity index (χ3n) is 3.47. The summed E-state index contributed by atoms with van der Waals surface area (Å²) in [5.41, 5.74) is 0.263. The van der Waals surface area contributed by atoms with Crippen molar-refractivity contribution < 1.29 is 9.53 Å². The van der Waals surface area contributed by atoms with Crippen molar-refractivity contribution in [2.24, 2.45) is 16.1 Å². The van der Waals surface area contributed by atoms with Crippen LogP contribution in [0.5, 0.6) is 0 Å². The molecule has 1 aliphatic heterocycles. The Balaban J connectivity index is 2.20. The molecule has 1 aromatic carbocycles. The van der Waals surface area contributed by atoms with Crippen LogP contribution in [-0.4, -0.2) is 43.7 Å². The lowest BCUT2D eigenvalue weighted by molar-refractivity contribution is -0.146. The maximum atomic E-state index is 11.8. The number of methoxy groups -OCH3 is 1. The Kier molecular flexibility index (Phi) is 3.95. The normalized spacial score (nSPS) is 27.8. The van der Waals surface area contributed by atoms with Crippen LogP contribution in [0.15, 0.2) is 40.6 Å². The number of hydrogen-bond acceptors (Lipinski definition) is 5. The van der Waals surface area contributed by atoms with Gasteiger partial charge in [-0.1, -0.05) is 18.2 Å². The van der Waals surface area contributed by atoms with Crippen molar-refractivity contribution in [2.75, 3.05) is 27.2 Å². The lowest BCUT2D eigenvalue weighted by atomic mass is 9.90. The van der Waals surface area contributed by atoms with Crippen LogP contribution in [-0.2, 0) is 9.53 Å². The van der Waals surface area contributed by atoms with E-state index in [4.69, 9.17) is 4.74 Å². The van der Waals surface area contributed by atoms with E-state index in [2.05, 4.69) is 15.1 Å². The van der Waals surface area contributed by atoms with Gasteiger partial charge in [0, 0.05) is 13.1 Å². The fraction of sp³-hybridized carbons (Fsp3) is 0.500. The highest BCUT2D eigenvalue weighted by Gasteiger charge is 2.47. The lowest BCUT2D eigenvalue weighted by Crippen LogP contribution is -2.37. The number of benzene rings is 1. The van der Waals surface area contributed by atoms with Crippen molar-refractivity contribution in [3.8, 4) is 0 Å². The molecule has 1 heterocycles. The fourth-order valence-corrected chi connectivity index (χ4v) is 2.47. The van der Waals surface area contributed by atoms with Crippen molar-refractivity contribution in [1.82, 2.24) is 4.90 Å². The van der Waals surface area contributed by atoms with Crippen LogP contribution in [0, 0.1) is 5.92 Å². The van der Waals surface area contributed by atoms with Crippen molar-refractivity contribution in [3.05, 3.63) is 30.3 Å². The van der Waals surface area contributed by atoms with Gasteiger partial charge in [-0.05, 0) is 26.1 Å². The summed E-state index contributed by atoms with van der Waals surface area (Å²) in [5, 5.41) is 8.66. The maximum absolute atomic E-state index is 11.8. The molecule has 0 saturated carbocycles. The van der Waals surface area contributed by atoms with E-state index in [-0.39, 0.29) is 11.9 Å². The van der Waals surface area contributed by atoms with E-state index >= 15 is 0 Å². The number of nitrogens with zero attached hydrogens (tertiary/aromatic N) is 3. The maximum Gasteiger partial charge on any atom is 0.312 e. The molecule has 0 aliphatic carbocycles. The number of hydrogen-bond donors (Lipinski definition) is 0. The third kappa shape index (κ3) is 2.98. The molecule has 0 amide bonds. The number of azo groups is 1. The second kappa shape index (κ2) is 5.48. The van der Waals surface area contributed by atoms with Gasteiger partial charge in [-0.2, -0.15) is 10.2 Å². The Morgan fingerprint density at radius 2 is 2.11 bits per heavy atom. The standard InChI is InChI=1S/C14H19N3O2/c1-14(16-15-11-7-5-4-6-8-11)10-17(2)9-12(14)13(18)19-3/h4-8,12H,9-10H2,1-3H3/t12-,14+/m1/s1. The predicted molar refractivity (Wildman–Crippen MR) is 72.4 cm³/mol. The average molecular weight is 261 g/mol. The van der Waals surface area contributed by atoms with Crippen LogP contribution in [0.4, 0.5) is 5.69 Å². The molecule has 1 aromatic rings. The molecule has 1 saturated heterocycles. The van der Waals surface area contributed by atoms with Gasteiger partial charge < -0.3 is 9.64 Å². The van der Waals surface area contributed by atoms with E-state index in [1.165, 1.54) is 7.11 Å². The SMILES string of the molecule is COC(=O)[C@H]1CN(C)C[C@]1(C)N=Nc1ccccc1. The van der Waals surface area contributed by atoms with E-state index in [9.17, 15) is 4.79 Å². The predicted octanol–water partition coefficient (Wildman–Crippen LogP) is 2.26. The molecule has 0 N–H and O–H groups in total. The van der Waals surface area contributed by atoms with E-state index in [1.54, 1.807) is 0 Å². The summed E-state index contributed by atoms with van der Waals surface area (Å²) < 4.78 is 4.86. The Morgan fingerprint density at radius 3 is 2.74 bits per heavy atom. The minimum atomic E-state index is -0.530. The van der Waals surface area contributed by atoms with Crippen LogP contribution in [0.2, 0.25) is 0 Å². The van der Waals surface area contributed by atoms with Gasteiger partial charge >= 0.3 is 5.97 Å². The molecule has 2 atom stereocenters. The van der Waals surface area contributed by atoms with Gasteiger partial charge in [0.05, 0.1) is 18.7 Å². The summed E-state index contributed by atoms with van der Waals surface area (Å²) in [4.78, 5) is 13.9. The van der Waals surface area contributed by atoms with Gasteiger partial charge in [-0.15, -0.1) is 0 Å². The summed E-state index contributed by atoms with van der Waals surface area (Å²) in [5.74, 6) is -0.492. The first-order valence-electron chi connectivity index (χ1n) is 6.29. The van der Waals surface area contributed by atoms with Gasteiger partial charge in [-0.25, -0.2) is 0 Å². The van der Waals surface area contributed by atoms with Crippen molar-refractivity contribution in [1.29, 1.82) is 0 Å². The molecule has 102 valence electrons. The highest BCUT2D eigenvalue weighted by Crippen LogP contribution is 2.32. The highest BCUT2D eigenvalue weighted by molar-refractivity contribution is 5.75. The van der Waals surface area contributed by atoms with E-state index < -0.39 is 5.54 Å². The highest BCUT2D eigenvalue weighted by atomic mass is 16.5. The van der Waals surface area contributed by atoms with E-state index in [1.807, 2.05) is 44.3 Å². The monoisotopic (exact) mass is 261 g/mol. The number of likely N-dealkylation sites (tertiary alicyclic amines) is 1. The first kappa shape index (κ1) is 13.7. The van der Waals surface area contributed by atoms with Crippen LogP contribution in [0.3, 0.4) is 0 Å². The fourth-order valence-electron chi connectivity index (χ4n) is 2.47. The zero-order valence-electron chi connectivity index (χ0n) is 11.5. The summed E-state index contributed by atoms with van der Waals surface area (Å²) in [6.07, 6.45) is 0. The zero-order chi connectivity index (χ0) is 13.9. The Hall–Kier alpha value is -1.75. The summed E-state index contributed by atoms with van der Waals surface area (Å²) in [7, 11) is 3.38. The molecule has 5 heteroatoms. The molecule has 0 bridgehead atoms. The molecule has 2 rings (SSSR count). The molecule has 1 aliphatic rings. The lowest BCUT2D eigenvalue weighted by Gasteiger charge is -2.22. The van der Waals surface area contributed by atoms with Crippen molar-refractivity contribution in [2.45, 2.75) is 12.5 Å². The van der Waals surface area contributed by atoms with Crippen LogP contribution >= 0.6 is 0 Å². The number of carbonyl (C=O) groups excluding carboxylic acids is 1. The van der Waals surface area contributed by atoms with E-state index in [0.717, 1.165) is 5.69 Å². The first-order chi connectivity index (χ1) is 9.05. The number of likely N-dealkylation sites (N-methyl/N-ethyl adjacent to an activating group) is 1. The molecular formula is C14H19N3O2. The minimum Gasteiger partial charge on any atom is -0.469 e. The number of esters is 1. The second-order valence-corrected chi connectivity index (χ2v) is 5.17. The Morgan fingerprint density at radius 1 is 1.42 bits per heavy atom. The van der Waals surface area contributed by atoms with Gasteiger partial charge in [-0.3, -0.25) is 4.79 Å². The van der Waals surface area contributed by atoms with Crippen molar-refractivity contribution in [3.63, 3.8) is 0 Å². The van der Waals surface area contributed by atoms with Crippen LogP contribution < -0.4 is 0 Å². The molecule has 0 unspecified atom stereocenters. The summed E-state index contributed by atoms with van der Waals surface area (Å²) in [6.45, 7) is 3.30. The molecular weight excluding hydrogens is 242 g/mol. The molecule has 1 fully saturated rings. The van der Waals surface area contributed by atoms with Gasteiger partial charge in [0.1, 0.15) is 5.54 Å². The Labute approximate surface area is 113 Å². The molecule has 0 radical (unpaired) electrons. The molecule has 19 heavy (non-hydrogen) atoms. The largest absolute Gasteiger partial charge is 0.469 e. The summed E-state index contributed by atoms with van der Waals surface area (Å²) >= 11 is 0. The first-order valence-corrected chi connectivity index (χ1v) is 6.29. The smallest absolute Gasteiger partial charge is 0.312 e. The minimum absolute atomic E-state index is 0.223. The van der Waals surface area contributed by atoms with Crippen molar-refractivity contribution >= 4 is 11.7 Å². The Bertz CT molecular complexity index is 475. The topological polar surface area (TPSA) is 54.3 Å². The van der Waals surface area contributed by atoms with Gasteiger partial charge in [0.25, 0.3) is 0 Å². The summed E-state index contributed by atoms with van der Waals surface area (Å²) in [6, 6.07) is 9.53. The quantitative estimate of drug-likeness (QED) is 0.619. The third-order valence-corrected chi connectivity index (χ3v) is 3.47. The number of rotatable bonds is 3. The zero-order valence-corrected chi connectivity index (χ0v) is 11.5. The second-order valence-electron chi connectivity index (χ2n) is 5.17. The molecule has 0 aromatic heterocycles. The van der Waals surface area contributed by atoms with Gasteiger partial charge in [0.2, 0.25) is 0 Å². The number of ether oxygens (including phenoxy) is 1. The van der Waals surface area contributed by atoms with Crippen LogP contribution in [0.25, 0.3) is 0 Å². The van der Waals surface area contributed by atoms with Gasteiger partial charge in [0.15, 0.2) is 0 Å². The number of carbonyl (C=O) groups is 1. The van der Waals surface area contributed by atoms with Crippen LogP contribution in [0.1, 0.15) is 6.92 Å². The average Bonchev–Trinajstić information content (AvgIpc) is 2.72. The molecule has 5 nitrogen and oxygen atoms in total.